The average Bonchev–Trinajstić information content (AvgIpc) is 2.63. The molecule has 0 aromatic heterocycles. The molecule has 0 aliphatic carbocycles. The number of rotatable bonds is 2. The lowest BCUT2D eigenvalue weighted by Gasteiger charge is -2.22. The molecule has 0 saturated carbocycles. The van der Waals surface area contributed by atoms with Gasteiger partial charge in [-0.2, -0.15) is 5.26 Å². The number of allylic oxidation sites excluding steroid dienone is 1. The van der Waals surface area contributed by atoms with Gasteiger partial charge in [0.2, 0.25) is 0 Å². The molecular weight excluding hydrogens is 232 g/mol. The van der Waals surface area contributed by atoms with Crippen molar-refractivity contribution in [2.75, 3.05) is 13.1 Å². The van der Waals surface area contributed by atoms with Crippen molar-refractivity contribution < 1.29 is 9.53 Å². The number of carbonyl (C=O) groups is 1. The number of likely N-dealkylation sites (tertiary alicyclic amines) is 1. The number of amides is 1. The van der Waals surface area contributed by atoms with Crippen molar-refractivity contribution >= 4 is 6.09 Å². The fourth-order valence-electron chi connectivity index (χ4n) is 1.74. The summed E-state index contributed by atoms with van der Waals surface area (Å²) in [6.45, 7) is 6.79. The van der Waals surface area contributed by atoms with Crippen LogP contribution >= 0.6 is 0 Å². The average molecular weight is 252 g/mol. The Morgan fingerprint density at radius 1 is 1.61 bits per heavy atom. The number of carbonyl (C=O) groups excluding carboxylic acids is 1. The Labute approximate surface area is 107 Å². The van der Waals surface area contributed by atoms with Crippen LogP contribution in [-0.4, -0.2) is 35.7 Å². The minimum absolute atomic E-state index is 0.00509. The second kappa shape index (κ2) is 5.63. The van der Waals surface area contributed by atoms with Crippen molar-refractivity contribution in [2.24, 2.45) is 5.73 Å². The van der Waals surface area contributed by atoms with Gasteiger partial charge < -0.3 is 20.7 Å². The minimum Gasteiger partial charge on any atom is -0.444 e. The summed E-state index contributed by atoms with van der Waals surface area (Å²) in [5.41, 5.74) is 5.21. The Morgan fingerprint density at radius 3 is 2.83 bits per heavy atom. The number of hydrogen-bond acceptors (Lipinski definition) is 5. The molecule has 3 N–H and O–H groups in total. The van der Waals surface area contributed by atoms with Crippen LogP contribution in [0.5, 0.6) is 0 Å². The van der Waals surface area contributed by atoms with E-state index in [4.69, 9.17) is 15.7 Å². The SMILES string of the molecule is CC(C)(C)OC(=O)N[C@H]1CCN(/C(N)=C\C#N)C1. The number of nitrogens with one attached hydrogen (secondary N) is 1. The highest BCUT2D eigenvalue weighted by molar-refractivity contribution is 5.68. The van der Waals surface area contributed by atoms with Gasteiger partial charge in [-0.3, -0.25) is 0 Å². The van der Waals surface area contributed by atoms with E-state index < -0.39 is 11.7 Å². The molecule has 1 heterocycles. The molecule has 0 radical (unpaired) electrons. The lowest BCUT2D eigenvalue weighted by Crippen LogP contribution is -2.40. The molecule has 1 rings (SSSR count). The van der Waals surface area contributed by atoms with Gasteiger partial charge >= 0.3 is 6.09 Å². The molecule has 0 spiro atoms. The van der Waals surface area contributed by atoms with Crippen LogP contribution in [0.2, 0.25) is 0 Å². The fraction of sp³-hybridized carbons (Fsp3) is 0.667. The standard InChI is InChI=1S/C12H20N4O2/c1-12(2,3)18-11(17)15-9-5-7-16(8-9)10(14)4-6-13/h4,9H,5,7-8,14H2,1-3H3,(H,15,17)/b10-4-/t9-/m0/s1. The summed E-state index contributed by atoms with van der Waals surface area (Å²) >= 11 is 0. The van der Waals surface area contributed by atoms with Gasteiger partial charge in [0.1, 0.15) is 11.4 Å². The molecule has 1 atom stereocenters. The summed E-state index contributed by atoms with van der Waals surface area (Å²) in [4.78, 5) is 13.4. The zero-order valence-electron chi connectivity index (χ0n) is 11.1. The molecule has 1 aliphatic rings. The van der Waals surface area contributed by atoms with E-state index in [1.807, 2.05) is 31.7 Å². The first kappa shape index (κ1) is 14.2. The van der Waals surface area contributed by atoms with Crippen LogP contribution in [0.1, 0.15) is 27.2 Å². The Morgan fingerprint density at radius 2 is 2.28 bits per heavy atom. The van der Waals surface area contributed by atoms with E-state index >= 15 is 0 Å². The molecule has 0 bridgehead atoms. The molecule has 0 aromatic carbocycles. The highest BCUT2D eigenvalue weighted by atomic mass is 16.6. The quantitative estimate of drug-likeness (QED) is 0.713. The van der Waals surface area contributed by atoms with Crippen molar-refractivity contribution in [1.82, 2.24) is 10.2 Å². The molecule has 1 saturated heterocycles. The third-order valence-electron chi connectivity index (χ3n) is 2.49. The third-order valence-corrected chi connectivity index (χ3v) is 2.49. The molecule has 1 amide bonds. The smallest absolute Gasteiger partial charge is 0.407 e. The van der Waals surface area contributed by atoms with Gasteiger partial charge in [0.25, 0.3) is 0 Å². The summed E-state index contributed by atoms with van der Waals surface area (Å²) in [6, 6.07) is 1.90. The van der Waals surface area contributed by atoms with Crippen LogP contribution in [0, 0.1) is 11.3 Å². The second-order valence-electron chi connectivity index (χ2n) is 5.28. The maximum Gasteiger partial charge on any atom is 0.407 e. The van der Waals surface area contributed by atoms with E-state index in [2.05, 4.69) is 5.32 Å². The summed E-state index contributed by atoms with van der Waals surface area (Å²) < 4.78 is 5.18. The molecule has 1 aliphatic heterocycles. The van der Waals surface area contributed by atoms with Crippen LogP contribution < -0.4 is 11.1 Å². The molecule has 1 fully saturated rings. The lowest BCUT2D eigenvalue weighted by atomic mass is 10.2. The monoisotopic (exact) mass is 252 g/mol. The summed E-state index contributed by atoms with van der Waals surface area (Å²) in [5, 5.41) is 11.3. The first-order valence-corrected chi connectivity index (χ1v) is 5.91. The summed E-state index contributed by atoms with van der Waals surface area (Å²) in [7, 11) is 0. The fourth-order valence-corrected chi connectivity index (χ4v) is 1.74. The van der Waals surface area contributed by atoms with Crippen molar-refractivity contribution in [1.29, 1.82) is 5.26 Å². The first-order valence-electron chi connectivity index (χ1n) is 5.91. The van der Waals surface area contributed by atoms with Crippen molar-refractivity contribution in [3.63, 3.8) is 0 Å². The Balaban J connectivity index is 2.42. The van der Waals surface area contributed by atoms with Gasteiger partial charge in [0.15, 0.2) is 0 Å². The zero-order chi connectivity index (χ0) is 13.8. The zero-order valence-corrected chi connectivity index (χ0v) is 11.1. The topological polar surface area (TPSA) is 91.4 Å². The van der Waals surface area contributed by atoms with Crippen LogP contribution in [-0.2, 0) is 4.74 Å². The first-order chi connectivity index (χ1) is 8.31. The van der Waals surface area contributed by atoms with Gasteiger partial charge in [0.05, 0.1) is 18.2 Å². The van der Waals surface area contributed by atoms with Crippen LogP contribution in [0.3, 0.4) is 0 Å². The van der Waals surface area contributed by atoms with E-state index in [-0.39, 0.29) is 6.04 Å². The van der Waals surface area contributed by atoms with Crippen LogP contribution in [0.4, 0.5) is 4.79 Å². The maximum atomic E-state index is 11.6. The lowest BCUT2D eigenvalue weighted by molar-refractivity contribution is 0.0506. The van der Waals surface area contributed by atoms with Crippen molar-refractivity contribution in [2.45, 2.75) is 38.8 Å². The molecule has 6 heteroatoms. The summed E-state index contributed by atoms with van der Waals surface area (Å²) in [5.74, 6) is 0.436. The Hall–Kier alpha value is -1.90. The largest absolute Gasteiger partial charge is 0.444 e. The van der Waals surface area contributed by atoms with Gasteiger partial charge in [-0.25, -0.2) is 4.79 Å². The van der Waals surface area contributed by atoms with Gasteiger partial charge in [-0.05, 0) is 27.2 Å². The van der Waals surface area contributed by atoms with E-state index in [0.717, 1.165) is 13.0 Å². The third kappa shape index (κ3) is 4.53. The second-order valence-corrected chi connectivity index (χ2v) is 5.28. The Bertz CT molecular complexity index is 379. The highest BCUT2D eigenvalue weighted by Gasteiger charge is 2.26. The van der Waals surface area contributed by atoms with Crippen LogP contribution in [0.15, 0.2) is 11.9 Å². The van der Waals surface area contributed by atoms with Crippen molar-refractivity contribution in [3.05, 3.63) is 11.9 Å². The van der Waals surface area contributed by atoms with Gasteiger partial charge in [-0.1, -0.05) is 0 Å². The molecule has 100 valence electrons. The maximum absolute atomic E-state index is 11.6. The van der Waals surface area contributed by atoms with E-state index in [9.17, 15) is 4.79 Å². The predicted octanol–water partition coefficient (Wildman–Crippen LogP) is 0.909. The van der Waals surface area contributed by atoms with E-state index in [1.165, 1.54) is 6.08 Å². The molecule has 0 unspecified atom stereocenters. The number of alkyl carbamates (subject to hydrolysis) is 1. The Kier molecular flexibility index (Phi) is 4.43. The summed E-state index contributed by atoms with van der Waals surface area (Å²) in [6.07, 6.45) is 1.67. The van der Waals surface area contributed by atoms with Gasteiger partial charge in [-0.15, -0.1) is 0 Å². The minimum atomic E-state index is -0.498. The number of ether oxygens (including phenoxy) is 1. The van der Waals surface area contributed by atoms with E-state index in [0.29, 0.717) is 12.4 Å². The number of hydrogen-bond donors (Lipinski definition) is 2. The highest BCUT2D eigenvalue weighted by Crippen LogP contribution is 2.13. The molecular formula is C12H20N4O2. The molecule has 6 nitrogen and oxygen atoms in total. The van der Waals surface area contributed by atoms with Crippen LogP contribution in [0.25, 0.3) is 0 Å². The molecule has 0 aromatic rings. The molecule has 18 heavy (non-hydrogen) atoms. The van der Waals surface area contributed by atoms with E-state index in [1.54, 1.807) is 0 Å². The normalized spacial score (nSPS) is 20.4. The number of nitriles is 1. The van der Waals surface area contributed by atoms with Gasteiger partial charge in [0, 0.05) is 13.1 Å². The van der Waals surface area contributed by atoms with Crippen molar-refractivity contribution in [3.8, 4) is 6.07 Å². The number of nitrogens with zero attached hydrogens (tertiary/aromatic N) is 2. The number of nitrogens with two attached hydrogens (primary N) is 1. The predicted molar refractivity (Wildman–Crippen MR) is 67.2 cm³/mol.